The first-order chi connectivity index (χ1) is 21.2. The van der Waals surface area contributed by atoms with E-state index in [1.807, 2.05) is 32.9 Å². The number of aliphatic hydroxyl groups is 1. The van der Waals surface area contributed by atoms with E-state index in [4.69, 9.17) is 19.6 Å². The van der Waals surface area contributed by atoms with Crippen molar-refractivity contribution in [1.29, 1.82) is 0 Å². The molecule has 0 radical (unpaired) electrons. The number of ether oxygens (including phenoxy) is 2. The molecule has 3 N–H and O–H groups in total. The Kier molecular flexibility index (Phi) is 10.9. The smallest absolute Gasteiger partial charge is 0.337 e. The van der Waals surface area contributed by atoms with Crippen molar-refractivity contribution in [3.05, 3.63) is 58.7 Å². The van der Waals surface area contributed by atoms with Crippen LogP contribution in [0.15, 0.2) is 30.3 Å². The average molecular weight is 627 g/mol. The number of rotatable bonds is 13. The first-order valence-electron chi connectivity index (χ1n) is 15.7. The van der Waals surface area contributed by atoms with Gasteiger partial charge in [0.2, 0.25) is 0 Å². The van der Waals surface area contributed by atoms with Gasteiger partial charge in [-0.05, 0) is 97.8 Å². The summed E-state index contributed by atoms with van der Waals surface area (Å²) in [5, 5.41) is 34.8. The van der Waals surface area contributed by atoms with Crippen LogP contribution in [0.3, 0.4) is 0 Å². The number of allylic oxidation sites excluding steroid dienone is 1. The first kappa shape index (κ1) is 34.3. The van der Waals surface area contributed by atoms with Gasteiger partial charge < -0.3 is 29.7 Å². The number of aromatic nitrogens is 3. The fourth-order valence-corrected chi connectivity index (χ4v) is 5.62. The zero-order valence-corrected chi connectivity index (χ0v) is 27.2. The monoisotopic (exact) mass is 626 g/mol. The molecule has 0 spiro atoms. The van der Waals surface area contributed by atoms with E-state index in [9.17, 15) is 24.5 Å². The molecule has 1 aromatic carbocycles. The maximum Gasteiger partial charge on any atom is 0.337 e. The van der Waals surface area contributed by atoms with Crippen LogP contribution in [0.5, 0.6) is 5.75 Å². The van der Waals surface area contributed by atoms with Crippen molar-refractivity contribution in [2.24, 2.45) is 0 Å². The molecule has 3 heterocycles. The first-order valence-corrected chi connectivity index (χ1v) is 15.7. The molecule has 10 nitrogen and oxygen atoms in total. The number of aromatic hydroxyl groups is 1. The highest BCUT2D eigenvalue weighted by atomic mass is 19.1. The standard InChI is InChI=1S/C34H47FN4O6/c1-22(40)10-7-8-19-44-34(6)15-17-38(18-16-34)31-29(30(32(42)43)45-33(3,4)5)23(2)36-28-21-26(37-39(28)31)12-9-11-24-13-14-25(35)20-27(24)41/h9,12-14,20-22,30,40-41H,7-8,10-11,15-19H2,1-6H3,(H,42,43)/b12-9+/t22-,30?/m1/s1. The van der Waals surface area contributed by atoms with Gasteiger partial charge in [-0.2, -0.15) is 9.61 Å². The van der Waals surface area contributed by atoms with Crippen LogP contribution in [-0.4, -0.2) is 72.9 Å². The molecule has 4 rings (SSSR count). The summed E-state index contributed by atoms with van der Waals surface area (Å²) in [6.07, 6.45) is 6.44. The Morgan fingerprint density at radius 3 is 2.53 bits per heavy atom. The summed E-state index contributed by atoms with van der Waals surface area (Å²) in [6.45, 7) is 13.0. The number of halogens is 1. The fraction of sp³-hybridized carbons (Fsp3) is 0.559. The summed E-state index contributed by atoms with van der Waals surface area (Å²) >= 11 is 0. The van der Waals surface area contributed by atoms with Crippen LogP contribution >= 0.6 is 0 Å². The molecule has 1 aliphatic heterocycles. The second-order valence-corrected chi connectivity index (χ2v) is 13.2. The van der Waals surface area contributed by atoms with Crippen LogP contribution in [-0.2, 0) is 20.7 Å². The molecular weight excluding hydrogens is 579 g/mol. The molecule has 1 unspecified atom stereocenters. The summed E-state index contributed by atoms with van der Waals surface area (Å²) in [5.74, 6) is -1.09. The molecule has 2 aromatic heterocycles. The molecule has 1 fully saturated rings. The minimum atomic E-state index is -1.26. The van der Waals surface area contributed by atoms with E-state index >= 15 is 0 Å². The second kappa shape index (κ2) is 14.3. The topological polar surface area (TPSA) is 130 Å². The highest BCUT2D eigenvalue weighted by Crippen LogP contribution is 2.38. The van der Waals surface area contributed by atoms with E-state index < -0.39 is 23.5 Å². The van der Waals surface area contributed by atoms with E-state index in [2.05, 4.69) is 11.8 Å². The molecule has 246 valence electrons. The van der Waals surface area contributed by atoms with Gasteiger partial charge in [0.1, 0.15) is 17.4 Å². The van der Waals surface area contributed by atoms with Gasteiger partial charge in [-0.15, -0.1) is 0 Å². The number of carbonyl (C=O) groups is 1. The molecule has 2 atom stereocenters. The van der Waals surface area contributed by atoms with Crippen molar-refractivity contribution in [2.45, 2.75) is 103 Å². The third-order valence-electron chi connectivity index (χ3n) is 8.04. The molecule has 45 heavy (non-hydrogen) atoms. The molecule has 0 bridgehead atoms. The van der Waals surface area contributed by atoms with Crippen molar-refractivity contribution < 1.29 is 34.0 Å². The van der Waals surface area contributed by atoms with Crippen LogP contribution in [0.2, 0.25) is 0 Å². The summed E-state index contributed by atoms with van der Waals surface area (Å²) in [5.41, 5.74) is 1.71. The number of benzene rings is 1. The van der Waals surface area contributed by atoms with Gasteiger partial charge in [0.05, 0.1) is 28.6 Å². The second-order valence-electron chi connectivity index (χ2n) is 13.2. The minimum absolute atomic E-state index is 0.113. The number of hydrogen-bond donors (Lipinski definition) is 3. The number of carboxylic acid groups (broad SMARTS) is 1. The SMILES string of the molecule is Cc1nc2cc(/C=C/Cc3ccc(F)cc3O)nn2c(N2CCC(C)(OCCCC[C@@H](C)O)CC2)c1C(OC(C)(C)C)C(=O)O. The summed E-state index contributed by atoms with van der Waals surface area (Å²) in [6, 6.07) is 5.75. The van der Waals surface area contributed by atoms with E-state index in [0.29, 0.717) is 60.1 Å². The molecule has 3 aromatic rings. The predicted octanol–water partition coefficient (Wildman–Crippen LogP) is 6.01. The van der Waals surface area contributed by atoms with Crippen molar-refractivity contribution in [2.75, 3.05) is 24.6 Å². The number of aliphatic hydroxyl groups excluding tert-OH is 1. The Bertz CT molecular complexity index is 1500. The van der Waals surface area contributed by atoms with Crippen LogP contribution in [0.4, 0.5) is 10.2 Å². The van der Waals surface area contributed by atoms with Crippen molar-refractivity contribution in [3.8, 4) is 5.75 Å². The number of anilines is 1. The molecule has 1 saturated heterocycles. The molecule has 0 aliphatic carbocycles. The van der Waals surface area contributed by atoms with Gasteiger partial charge in [-0.25, -0.2) is 14.2 Å². The lowest BCUT2D eigenvalue weighted by atomic mass is 9.92. The Balaban J connectivity index is 1.65. The van der Waals surface area contributed by atoms with E-state index in [1.54, 1.807) is 30.5 Å². The average Bonchev–Trinajstić information content (AvgIpc) is 3.34. The summed E-state index contributed by atoms with van der Waals surface area (Å²) in [7, 11) is 0. The number of aryl methyl sites for hydroxylation is 1. The van der Waals surface area contributed by atoms with Gasteiger partial charge in [0, 0.05) is 37.5 Å². The molecule has 1 aliphatic rings. The molecule has 0 saturated carbocycles. The largest absolute Gasteiger partial charge is 0.508 e. The van der Waals surface area contributed by atoms with Crippen LogP contribution < -0.4 is 4.90 Å². The summed E-state index contributed by atoms with van der Waals surface area (Å²) in [4.78, 5) is 19.5. The molecular formula is C34H47FN4O6. The predicted molar refractivity (Wildman–Crippen MR) is 171 cm³/mol. The lowest BCUT2D eigenvalue weighted by Crippen LogP contribution is -2.46. The van der Waals surface area contributed by atoms with Gasteiger partial charge >= 0.3 is 5.97 Å². The number of phenols is 1. The third-order valence-corrected chi connectivity index (χ3v) is 8.04. The maximum absolute atomic E-state index is 13.4. The van der Waals surface area contributed by atoms with Crippen LogP contribution in [0.25, 0.3) is 11.7 Å². The van der Waals surface area contributed by atoms with E-state index in [0.717, 1.165) is 38.2 Å². The number of unbranched alkanes of at least 4 members (excludes halogenated alkanes) is 1. The normalized spacial score (nSPS) is 16.8. The Labute approximate surface area is 264 Å². The van der Waals surface area contributed by atoms with Gasteiger partial charge in [-0.1, -0.05) is 12.1 Å². The van der Waals surface area contributed by atoms with E-state index in [-0.39, 0.29) is 17.5 Å². The van der Waals surface area contributed by atoms with Crippen LogP contribution in [0, 0.1) is 12.7 Å². The number of hydrogen-bond acceptors (Lipinski definition) is 8. The zero-order chi connectivity index (χ0) is 32.9. The van der Waals surface area contributed by atoms with Crippen molar-refractivity contribution in [1.82, 2.24) is 14.6 Å². The number of phenolic OH excluding ortho intramolecular Hbond substituents is 1. The number of carboxylic acids is 1. The van der Waals surface area contributed by atoms with Crippen molar-refractivity contribution >= 4 is 23.5 Å². The fourth-order valence-electron chi connectivity index (χ4n) is 5.62. The number of fused-ring (bicyclic) bond motifs is 1. The van der Waals surface area contributed by atoms with Gasteiger partial charge in [-0.3, -0.25) is 0 Å². The highest BCUT2D eigenvalue weighted by Gasteiger charge is 2.37. The van der Waals surface area contributed by atoms with Crippen molar-refractivity contribution in [3.63, 3.8) is 0 Å². The Morgan fingerprint density at radius 2 is 1.91 bits per heavy atom. The zero-order valence-electron chi connectivity index (χ0n) is 27.2. The lowest BCUT2D eigenvalue weighted by molar-refractivity contribution is -0.160. The molecule has 0 amide bonds. The van der Waals surface area contributed by atoms with Gasteiger partial charge in [0.15, 0.2) is 11.8 Å². The highest BCUT2D eigenvalue weighted by molar-refractivity contribution is 5.78. The number of piperidine rings is 1. The van der Waals surface area contributed by atoms with Crippen LogP contribution in [0.1, 0.15) is 95.3 Å². The Morgan fingerprint density at radius 1 is 1.20 bits per heavy atom. The quantitative estimate of drug-likeness (QED) is 0.196. The minimum Gasteiger partial charge on any atom is -0.508 e. The van der Waals surface area contributed by atoms with Gasteiger partial charge in [0.25, 0.3) is 0 Å². The number of aliphatic carboxylic acids is 1. The Hall–Kier alpha value is -3.54. The summed E-state index contributed by atoms with van der Waals surface area (Å²) < 4.78 is 27.5. The van der Waals surface area contributed by atoms with E-state index in [1.165, 1.54) is 6.07 Å². The maximum atomic E-state index is 13.4. The molecule has 11 heteroatoms. The number of nitrogens with zero attached hydrogens (tertiary/aromatic N) is 4. The lowest BCUT2D eigenvalue weighted by Gasteiger charge is -2.41. The third kappa shape index (κ3) is 9.02.